The van der Waals surface area contributed by atoms with Crippen LogP contribution in [-0.2, 0) is 0 Å². The lowest BCUT2D eigenvalue weighted by atomic mass is 10.2. The molecule has 1 fully saturated rings. The maximum atomic E-state index is 13.0. The van der Waals surface area contributed by atoms with E-state index in [1.807, 2.05) is 4.90 Å². The van der Waals surface area contributed by atoms with Crippen molar-refractivity contribution in [3.63, 3.8) is 0 Å². The third kappa shape index (κ3) is 3.90. The van der Waals surface area contributed by atoms with E-state index >= 15 is 0 Å². The number of rotatable bonds is 3. The van der Waals surface area contributed by atoms with Crippen LogP contribution in [0.2, 0.25) is 0 Å². The van der Waals surface area contributed by atoms with Gasteiger partial charge in [0.25, 0.3) is 11.8 Å². The van der Waals surface area contributed by atoms with E-state index in [4.69, 9.17) is 5.73 Å². The fraction of sp³-hybridized carbons (Fsp3) is 0.294. The van der Waals surface area contributed by atoms with Crippen LogP contribution in [0.5, 0.6) is 0 Å². The summed E-state index contributed by atoms with van der Waals surface area (Å²) < 4.78 is 13.0. The maximum absolute atomic E-state index is 13.0. The second-order valence-electron chi connectivity index (χ2n) is 5.77. The fourth-order valence-corrected chi connectivity index (χ4v) is 2.75. The average Bonchev–Trinajstić information content (AvgIpc) is 2.88. The molecule has 0 atom stereocenters. The quantitative estimate of drug-likeness (QED) is 0.900. The van der Waals surface area contributed by atoms with Crippen molar-refractivity contribution >= 4 is 17.6 Å². The first-order chi connectivity index (χ1) is 12.0. The molecule has 0 spiro atoms. The standard InChI is InChI=1S/C17H18FN5O2/c18-13-4-2-12(3-5-13)17(25)23-7-1-6-22(8-9-23)15-11-20-10-14(21-15)16(19)24/h2-5,10-11H,1,6-9H2,(H2,19,24). The number of hydrogen-bond donors (Lipinski definition) is 1. The van der Waals surface area contributed by atoms with Crippen LogP contribution in [-0.4, -0.2) is 52.9 Å². The summed E-state index contributed by atoms with van der Waals surface area (Å²) in [5.74, 6) is -0.560. The smallest absolute Gasteiger partial charge is 0.268 e. The minimum atomic E-state index is -0.628. The lowest BCUT2D eigenvalue weighted by molar-refractivity contribution is 0.0766. The first-order valence-corrected chi connectivity index (χ1v) is 7.96. The Hall–Kier alpha value is -3.03. The molecular weight excluding hydrogens is 325 g/mol. The van der Waals surface area contributed by atoms with Crippen molar-refractivity contribution in [1.82, 2.24) is 14.9 Å². The molecule has 2 heterocycles. The molecule has 0 aliphatic carbocycles. The molecule has 1 aliphatic rings. The Morgan fingerprint density at radius 2 is 1.80 bits per heavy atom. The summed E-state index contributed by atoms with van der Waals surface area (Å²) in [5.41, 5.74) is 5.82. The van der Waals surface area contributed by atoms with E-state index in [1.54, 1.807) is 11.1 Å². The van der Waals surface area contributed by atoms with Gasteiger partial charge in [-0.1, -0.05) is 0 Å². The largest absolute Gasteiger partial charge is 0.364 e. The summed E-state index contributed by atoms with van der Waals surface area (Å²) in [5, 5.41) is 0. The number of carbonyl (C=O) groups excluding carboxylic acids is 2. The lowest BCUT2D eigenvalue weighted by Gasteiger charge is -2.22. The van der Waals surface area contributed by atoms with Gasteiger partial charge in [0, 0.05) is 31.7 Å². The number of anilines is 1. The van der Waals surface area contributed by atoms with E-state index in [1.165, 1.54) is 30.5 Å². The van der Waals surface area contributed by atoms with Crippen LogP contribution in [0.15, 0.2) is 36.7 Å². The van der Waals surface area contributed by atoms with Crippen LogP contribution in [0.3, 0.4) is 0 Å². The van der Waals surface area contributed by atoms with E-state index in [0.717, 1.165) is 6.42 Å². The Labute approximate surface area is 144 Å². The molecule has 8 heteroatoms. The third-order valence-corrected chi connectivity index (χ3v) is 4.07. The molecule has 25 heavy (non-hydrogen) atoms. The van der Waals surface area contributed by atoms with Gasteiger partial charge < -0.3 is 15.5 Å². The molecule has 2 amide bonds. The van der Waals surface area contributed by atoms with Gasteiger partial charge in [-0.15, -0.1) is 0 Å². The van der Waals surface area contributed by atoms with Crippen molar-refractivity contribution in [2.45, 2.75) is 6.42 Å². The van der Waals surface area contributed by atoms with E-state index in [0.29, 0.717) is 37.6 Å². The van der Waals surface area contributed by atoms with Crippen LogP contribution in [0.25, 0.3) is 0 Å². The van der Waals surface area contributed by atoms with Gasteiger partial charge in [-0.3, -0.25) is 14.6 Å². The van der Waals surface area contributed by atoms with Crippen molar-refractivity contribution in [2.24, 2.45) is 5.73 Å². The molecule has 0 radical (unpaired) electrons. The minimum Gasteiger partial charge on any atom is -0.364 e. The zero-order chi connectivity index (χ0) is 17.8. The molecule has 130 valence electrons. The highest BCUT2D eigenvalue weighted by Gasteiger charge is 2.21. The van der Waals surface area contributed by atoms with E-state index in [9.17, 15) is 14.0 Å². The maximum Gasteiger partial charge on any atom is 0.268 e. The fourth-order valence-electron chi connectivity index (χ4n) is 2.75. The van der Waals surface area contributed by atoms with Crippen LogP contribution < -0.4 is 10.6 Å². The molecular formula is C17H18FN5O2. The topological polar surface area (TPSA) is 92.4 Å². The van der Waals surface area contributed by atoms with Gasteiger partial charge >= 0.3 is 0 Å². The SMILES string of the molecule is NC(=O)c1cncc(N2CCCN(C(=O)c3ccc(F)cc3)CC2)n1. The van der Waals surface area contributed by atoms with Crippen LogP contribution >= 0.6 is 0 Å². The summed E-state index contributed by atoms with van der Waals surface area (Å²) in [4.78, 5) is 35.7. The molecule has 0 bridgehead atoms. The van der Waals surface area contributed by atoms with Gasteiger partial charge in [0.1, 0.15) is 17.3 Å². The van der Waals surface area contributed by atoms with Crippen molar-refractivity contribution in [2.75, 3.05) is 31.1 Å². The number of carbonyl (C=O) groups is 2. The molecule has 1 aromatic heterocycles. The number of amides is 2. The van der Waals surface area contributed by atoms with E-state index in [-0.39, 0.29) is 17.4 Å². The summed E-state index contributed by atoms with van der Waals surface area (Å²) in [6.45, 7) is 2.34. The monoisotopic (exact) mass is 343 g/mol. The molecule has 1 aliphatic heterocycles. The van der Waals surface area contributed by atoms with Gasteiger partial charge in [-0.05, 0) is 30.7 Å². The van der Waals surface area contributed by atoms with Crippen molar-refractivity contribution in [3.05, 3.63) is 53.7 Å². The predicted molar refractivity (Wildman–Crippen MR) is 89.7 cm³/mol. The number of aromatic nitrogens is 2. The van der Waals surface area contributed by atoms with E-state index in [2.05, 4.69) is 9.97 Å². The molecule has 0 unspecified atom stereocenters. The first kappa shape index (κ1) is 16.8. The minimum absolute atomic E-state index is 0.112. The highest BCUT2D eigenvalue weighted by Crippen LogP contribution is 2.15. The number of halogens is 1. The molecule has 2 N–H and O–H groups in total. The van der Waals surface area contributed by atoms with Crippen LogP contribution in [0, 0.1) is 5.82 Å². The number of primary amides is 1. The van der Waals surface area contributed by atoms with Gasteiger partial charge in [0.15, 0.2) is 0 Å². The Morgan fingerprint density at radius 3 is 2.52 bits per heavy atom. The highest BCUT2D eigenvalue weighted by atomic mass is 19.1. The lowest BCUT2D eigenvalue weighted by Crippen LogP contribution is -2.35. The van der Waals surface area contributed by atoms with Crippen molar-refractivity contribution in [1.29, 1.82) is 0 Å². The van der Waals surface area contributed by atoms with Crippen LogP contribution in [0.1, 0.15) is 27.3 Å². The average molecular weight is 343 g/mol. The molecule has 1 aromatic carbocycles. The number of nitrogens with zero attached hydrogens (tertiary/aromatic N) is 4. The van der Waals surface area contributed by atoms with Crippen molar-refractivity contribution in [3.8, 4) is 0 Å². The third-order valence-electron chi connectivity index (χ3n) is 4.07. The molecule has 2 aromatic rings. The zero-order valence-electron chi connectivity index (χ0n) is 13.6. The van der Waals surface area contributed by atoms with Gasteiger partial charge in [-0.2, -0.15) is 0 Å². The molecule has 1 saturated heterocycles. The first-order valence-electron chi connectivity index (χ1n) is 7.96. The normalized spacial score (nSPS) is 14.9. The second-order valence-corrected chi connectivity index (χ2v) is 5.77. The Morgan fingerprint density at radius 1 is 1.04 bits per heavy atom. The van der Waals surface area contributed by atoms with Crippen molar-refractivity contribution < 1.29 is 14.0 Å². The Balaban J connectivity index is 1.70. The Kier molecular flexibility index (Phi) is 4.87. The number of nitrogens with two attached hydrogens (primary N) is 1. The highest BCUT2D eigenvalue weighted by molar-refractivity contribution is 5.94. The van der Waals surface area contributed by atoms with Crippen LogP contribution in [0.4, 0.5) is 10.2 Å². The van der Waals surface area contributed by atoms with Gasteiger partial charge in [-0.25, -0.2) is 9.37 Å². The zero-order valence-corrected chi connectivity index (χ0v) is 13.6. The Bertz CT molecular complexity index is 781. The molecule has 0 saturated carbocycles. The van der Waals surface area contributed by atoms with Gasteiger partial charge in [0.05, 0.1) is 12.4 Å². The summed E-state index contributed by atoms with van der Waals surface area (Å²) >= 11 is 0. The second kappa shape index (κ2) is 7.25. The summed E-state index contributed by atoms with van der Waals surface area (Å²) in [6, 6.07) is 5.54. The van der Waals surface area contributed by atoms with Gasteiger partial charge in [0.2, 0.25) is 0 Å². The number of benzene rings is 1. The number of hydrogen-bond acceptors (Lipinski definition) is 5. The van der Waals surface area contributed by atoms with E-state index < -0.39 is 5.91 Å². The predicted octanol–water partition coefficient (Wildman–Crippen LogP) is 1.07. The molecule has 7 nitrogen and oxygen atoms in total. The summed E-state index contributed by atoms with van der Waals surface area (Å²) in [6.07, 6.45) is 3.65. The molecule has 3 rings (SSSR count). The summed E-state index contributed by atoms with van der Waals surface area (Å²) in [7, 11) is 0.